The van der Waals surface area contributed by atoms with Crippen LogP contribution in [0.25, 0.3) is 10.9 Å². The van der Waals surface area contributed by atoms with Crippen LogP contribution < -0.4 is 15.0 Å². The first-order valence-corrected chi connectivity index (χ1v) is 13.4. The quantitative estimate of drug-likeness (QED) is 0.217. The summed E-state index contributed by atoms with van der Waals surface area (Å²) in [7, 11) is 1.49. The smallest absolute Gasteiger partial charge is 0.347 e. The first kappa shape index (κ1) is 28.3. The normalized spacial score (nSPS) is 12.7. The van der Waals surface area contributed by atoms with Gasteiger partial charge in [0.15, 0.2) is 17.6 Å². The molecular formula is C25H26Br3N3O5. The number of methoxy groups -OCH3 is 1. The third-order valence-corrected chi connectivity index (χ3v) is 7.72. The van der Waals surface area contributed by atoms with E-state index in [1.165, 1.54) is 18.0 Å². The van der Waals surface area contributed by atoms with Gasteiger partial charge in [-0.05, 0) is 70.0 Å². The molecule has 0 spiro atoms. The second-order valence-electron chi connectivity index (χ2n) is 8.85. The third-order valence-electron chi connectivity index (χ3n) is 5.08. The molecule has 1 aromatic heterocycles. The molecule has 0 saturated carbocycles. The average Bonchev–Trinajstić information content (AvgIpc) is 2.82. The molecule has 0 saturated heterocycles. The van der Waals surface area contributed by atoms with E-state index in [9.17, 15) is 9.59 Å². The minimum atomic E-state index is -0.850. The van der Waals surface area contributed by atoms with E-state index in [-0.39, 0.29) is 12.2 Å². The number of carbonyl (C=O) groups excluding carboxylic acids is 1. The molecule has 1 heterocycles. The zero-order valence-corrected chi connectivity index (χ0v) is 25.4. The monoisotopic (exact) mass is 685 g/mol. The van der Waals surface area contributed by atoms with Gasteiger partial charge in [-0.25, -0.2) is 9.78 Å². The highest BCUT2D eigenvalue weighted by Gasteiger charge is 2.25. The maximum absolute atomic E-state index is 13.4. The Morgan fingerprint density at radius 2 is 1.89 bits per heavy atom. The maximum atomic E-state index is 13.4. The Bertz CT molecular complexity index is 1400. The number of nitrogens with zero attached hydrogens (tertiary/aromatic N) is 3. The van der Waals surface area contributed by atoms with Crippen molar-refractivity contribution >= 4 is 70.9 Å². The Morgan fingerprint density at radius 3 is 2.50 bits per heavy atom. The van der Waals surface area contributed by atoms with Crippen molar-refractivity contribution in [1.82, 2.24) is 9.66 Å². The van der Waals surface area contributed by atoms with Crippen LogP contribution in [0.15, 0.2) is 47.6 Å². The second-order valence-corrected chi connectivity index (χ2v) is 11.3. The van der Waals surface area contributed by atoms with Gasteiger partial charge in [0.2, 0.25) is 0 Å². The molecule has 0 N–H and O–H groups in total. The molecule has 8 nitrogen and oxygen atoms in total. The number of benzene rings is 2. The molecule has 0 aliphatic heterocycles. The van der Waals surface area contributed by atoms with Gasteiger partial charge in [-0.3, -0.25) is 4.79 Å². The van der Waals surface area contributed by atoms with Crippen LogP contribution in [-0.2, 0) is 14.9 Å². The van der Waals surface area contributed by atoms with Crippen LogP contribution in [0.1, 0.15) is 46.0 Å². The zero-order valence-electron chi connectivity index (χ0n) is 20.7. The van der Waals surface area contributed by atoms with Crippen molar-refractivity contribution in [3.8, 4) is 11.5 Å². The first-order chi connectivity index (χ1) is 16.9. The van der Waals surface area contributed by atoms with E-state index in [2.05, 4.69) is 52.9 Å². The van der Waals surface area contributed by atoms with E-state index in [1.54, 1.807) is 32.0 Å². The van der Waals surface area contributed by atoms with Crippen LogP contribution in [-0.4, -0.2) is 41.7 Å². The molecule has 1 atom stereocenters. The molecule has 0 fully saturated rings. The van der Waals surface area contributed by atoms with Gasteiger partial charge in [-0.2, -0.15) is 9.78 Å². The van der Waals surface area contributed by atoms with Gasteiger partial charge in [0, 0.05) is 19.9 Å². The lowest BCUT2D eigenvalue weighted by molar-refractivity contribution is -0.150. The van der Waals surface area contributed by atoms with Crippen molar-refractivity contribution in [2.24, 2.45) is 5.10 Å². The fourth-order valence-electron chi connectivity index (χ4n) is 3.31. The standard InChI is InChI=1S/C25H26Br3N3O5/c1-7-35-23(33)13(2)36-21-18(34-6)10-14(19(27)20(21)28)12-29-31-22(32)16-11-15(26)8-9-17(16)30-24(31)25(3,4)5/h8-13H,7H2,1-6H3/t13-/m0/s1. The molecule has 192 valence electrons. The number of rotatable bonds is 7. The minimum Gasteiger partial charge on any atom is -0.493 e. The van der Waals surface area contributed by atoms with Crippen molar-refractivity contribution in [2.75, 3.05) is 13.7 Å². The summed E-state index contributed by atoms with van der Waals surface area (Å²) in [5.41, 5.74) is 0.472. The van der Waals surface area contributed by atoms with Crippen LogP contribution in [0, 0.1) is 0 Å². The lowest BCUT2D eigenvalue weighted by Crippen LogP contribution is -2.29. The Morgan fingerprint density at radius 1 is 1.19 bits per heavy atom. The molecule has 3 aromatic rings. The maximum Gasteiger partial charge on any atom is 0.347 e. The van der Waals surface area contributed by atoms with E-state index in [0.717, 1.165) is 4.47 Å². The molecule has 0 aliphatic carbocycles. The highest BCUT2D eigenvalue weighted by molar-refractivity contribution is 9.13. The predicted octanol–water partition coefficient (Wildman–Crippen LogP) is 6.20. The van der Waals surface area contributed by atoms with Crippen LogP contribution >= 0.6 is 47.8 Å². The summed E-state index contributed by atoms with van der Waals surface area (Å²) >= 11 is 10.5. The number of hydrogen-bond donors (Lipinski definition) is 0. The van der Waals surface area contributed by atoms with Crippen LogP contribution in [0.5, 0.6) is 11.5 Å². The summed E-state index contributed by atoms with van der Waals surface area (Å²) in [6, 6.07) is 7.08. The Balaban J connectivity index is 2.12. The van der Waals surface area contributed by atoms with Gasteiger partial charge in [0.05, 0.1) is 35.3 Å². The van der Waals surface area contributed by atoms with E-state index in [0.29, 0.717) is 42.7 Å². The molecule has 0 radical (unpaired) electrons. The topological polar surface area (TPSA) is 92.0 Å². The number of aromatic nitrogens is 2. The van der Waals surface area contributed by atoms with Crippen LogP contribution in [0.3, 0.4) is 0 Å². The SMILES string of the molecule is CCOC(=O)[C@H](C)Oc1c(OC)cc(C=Nn2c(C(C)(C)C)nc3ccc(Br)cc3c2=O)c(Br)c1Br. The average molecular weight is 688 g/mol. The molecule has 0 aliphatic rings. The number of halogens is 3. The predicted molar refractivity (Wildman–Crippen MR) is 151 cm³/mol. The highest BCUT2D eigenvalue weighted by Crippen LogP contribution is 2.43. The summed E-state index contributed by atoms with van der Waals surface area (Å²) in [4.78, 5) is 30.2. The van der Waals surface area contributed by atoms with Crippen molar-refractivity contribution in [1.29, 1.82) is 0 Å². The number of ether oxygens (including phenoxy) is 3. The molecule has 2 aromatic carbocycles. The van der Waals surface area contributed by atoms with E-state index in [4.69, 9.17) is 19.2 Å². The van der Waals surface area contributed by atoms with Gasteiger partial charge in [0.25, 0.3) is 5.56 Å². The van der Waals surface area contributed by atoms with Crippen molar-refractivity contribution in [3.63, 3.8) is 0 Å². The zero-order chi connectivity index (χ0) is 26.8. The fraction of sp³-hybridized carbons (Fsp3) is 0.360. The molecule has 11 heteroatoms. The lowest BCUT2D eigenvalue weighted by Gasteiger charge is -2.21. The Labute approximate surface area is 234 Å². The molecule has 0 amide bonds. The summed E-state index contributed by atoms with van der Waals surface area (Å²) < 4.78 is 19.6. The lowest BCUT2D eigenvalue weighted by atomic mass is 9.95. The minimum absolute atomic E-state index is 0.250. The highest BCUT2D eigenvalue weighted by atomic mass is 79.9. The number of esters is 1. The van der Waals surface area contributed by atoms with Gasteiger partial charge in [0.1, 0.15) is 5.82 Å². The molecule has 36 heavy (non-hydrogen) atoms. The second kappa shape index (κ2) is 11.4. The van der Waals surface area contributed by atoms with Crippen LogP contribution in [0.2, 0.25) is 0 Å². The molecule has 0 unspecified atom stereocenters. The summed E-state index contributed by atoms with van der Waals surface area (Å²) in [5, 5.41) is 4.97. The van der Waals surface area contributed by atoms with Crippen molar-refractivity contribution in [3.05, 3.63) is 59.4 Å². The molecule has 3 rings (SSSR count). The number of hydrogen-bond acceptors (Lipinski definition) is 7. The third kappa shape index (κ3) is 6.00. The molecular weight excluding hydrogens is 662 g/mol. The summed E-state index contributed by atoms with van der Waals surface area (Å²) in [5.74, 6) is 0.722. The van der Waals surface area contributed by atoms with Crippen molar-refractivity contribution in [2.45, 2.75) is 46.1 Å². The van der Waals surface area contributed by atoms with Crippen LogP contribution in [0.4, 0.5) is 0 Å². The fourth-order valence-corrected chi connectivity index (χ4v) is 4.58. The number of fused-ring (bicyclic) bond motifs is 1. The van der Waals surface area contributed by atoms with Gasteiger partial charge in [-0.1, -0.05) is 36.7 Å². The van der Waals surface area contributed by atoms with Gasteiger partial charge in [-0.15, -0.1) is 0 Å². The Hall–Kier alpha value is -2.24. The number of carbonyl (C=O) groups is 1. The largest absolute Gasteiger partial charge is 0.493 e. The summed E-state index contributed by atoms with van der Waals surface area (Å²) in [6.45, 7) is 9.48. The van der Waals surface area contributed by atoms with Gasteiger partial charge >= 0.3 is 5.97 Å². The Kier molecular flexibility index (Phi) is 9.00. The van der Waals surface area contributed by atoms with E-state index >= 15 is 0 Å². The van der Waals surface area contributed by atoms with Crippen molar-refractivity contribution < 1.29 is 19.0 Å². The first-order valence-electron chi connectivity index (χ1n) is 11.1. The van der Waals surface area contributed by atoms with E-state index in [1.807, 2.05) is 26.8 Å². The van der Waals surface area contributed by atoms with E-state index < -0.39 is 17.5 Å². The summed E-state index contributed by atoms with van der Waals surface area (Å²) in [6.07, 6.45) is 0.690. The van der Waals surface area contributed by atoms with Gasteiger partial charge < -0.3 is 14.2 Å². The molecule has 0 bridgehead atoms.